The Bertz CT molecular complexity index is 2940. The summed E-state index contributed by atoms with van der Waals surface area (Å²) in [6.07, 6.45) is 0. The van der Waals surface area contributed by atoms with Crippen molar-refractivity contribution in [2.24, 2.45) is 0 Å². The number of para-hydroxylation sites is 5. The van der Waals surface area contributed by atoms with E-state index >= 15 is 0 Å². The first-order valence-corrected chi connectivity index (χ1v) is 21.6. The van der Waals surface area contributed by atoms with Crippen LogP contribution in [0.1, 0.15) is 37.5 Å². The Labute approximate surface area is 357 Å². The molecular weight excluding hydrogens is 749 g/mol. The van der Waals surface area contributed by atoms with Crippen LogP contribution in [0, 0.1) is 13.8 Å². The van der Waals surface area contributed by atoms with Gasteiger partial charge in [-0.2, -0.15) is 0 Å². The highest BCUT2D eigenvalue weighted by Crippen LogP contribution is 2.55. The fraction of sp³-hybridized carbons (Fsp3) is 0.111. The third kappa shape index (κ3) is 5.84. The van der Waals surface area contributed by atoms with E-state index in [1.807, 2.05) is 0 Å². The second kappa shape index (κ2) is 14.0. The Morgan fingerprint density at radius 1 is 0.500 bits per heavy atom. The number of nitrogens with zero attached hydrogens (tertiary/aromatic N) is 3. The van der Waals surface area contributed by atoms with Gasteiger partial charge in [0, 0.05) is 51.1 Å². The molecule has 0 atom stereocenters. The van der Waals surface area contributed by atoms with Crippen LogP contribution in [0.2, 0.25) is 0 Å². The maximum Gasteiger partial charge on any atom is 0.333 e. The van der Waals surface area contributed by atoms with E-state index in [1.54, 1.807) is 11.8 Å². The summed E-state index contributed by atoms with van der Waals surface area (Å²) in [6, 6.07) is 64.3. The zero-order chi connectivity index (χ0) is 40.7. The largest absolute Gasteiger partial charge is 0.455 e. The lowest BCUT2D eigenvalue weighted by Crippen LogP contribution is -2.62. The van der Waals surface area contributed by atoms with Crippen LogP contribution >= 0.6 is 11.8 Å². The molecule has 3 heterocycles. The van der Waals surface area contributed by atoms with Crippen molar-refractivity contribution < 1.29 is 4.74 Å². The summed E-state index contributed by atoms with van der Waals surface area (Å²) < 4.78 is 6.75. The van der Waals surface area contributed by atoms with E-state index in [0.717, 1.165) is 38.4 Å². The smallest absolute Gasteiger partial charge is 0.333 e. The zero-order valence-electron chi connectivity index (χ0n) is 34.5. The van der Waals surface area contributed by atoms with Crippen LogP contribution in [0.25, 0.3) is 11.1 Å². The minimum Gasteiger partial charge on any atom is -0.455 e. The first-order valence-electron chi connectivity index (χ1n) is 20.8. The maximum absolute atomic E-state index is 6.75. The molecule has 0 saturated heterocycles. The maximum atomic E-state index is 6.75. The molecule has 0 radical (unpaired) electrons. The van der Waals surface area contributed by atoms with E-state index in [1.165, 1.54) is 67.2 Å². The van der Waals surface area contributed by atoms with Crippen LogP contribution in [0.3, 0.4) is 0 Å². The summed E-state index contributed by atoms with van der Waals surface area (Å²) in [5.74, 6) is 1.80. The van der Waals surface area contributed by atoms with Gasteiger partial charge in [-0.1, -0.05) is 124 Å². The van der Waals surface area contributed by atoms with Gasteiger partial charge in [0.15, 0.2) is 0 Å². The number of anilines is 8. The molecule has 0 spiro atoms. The van der Waals surface area contributed by atoms with E-state index in [0.29, 0.717) is 0 Å². The van der Waals surface area contributed by atoms with Crippen LogP contribution in [0.4, 0.5) is 45.5 Å². The lowest BCUT2D eigenvalue weighted by molar-refractivity contribution is 0.455. The number of rotatable bonds is 5. The Morgan fingerprint density at radius 2 is 1.13 bits per heavy atom. The number of aryl methyl sites for hydroxylation is 2. The van der Waals surface area contributed by atoms with E-state index in [4.69, 9.17) is 4.74 Å². The second-order valence-electron chi connectivity index (χ2n) is 17.1. The van der Waals surface area contributed by atoms with Gasteiger partial charge in [-0.3, -0.25) is 0 Å². The van der Waals surface area contributed by atoms with Gasteiger partial charge in [-0.15, -0.1) is 0 Å². The summed E-state index contributed by atoms with van der Waals surface area (Å²) in [5.41, 5.74) is 17.8. The summed E-state index contributed by atoms with van der Waals surface area (Å²) >= 11 is 1.79. The van der Waals surface area contributed by atoms with Crippen LogP contribution in [0.15, 0.2) is 186 Å². The van der Waals surface area contributed by atoms with Crippen molar-refractivity contribution in [3.8, 4) is 22.6 Å². The van der Waals surface area contributed by atoms with Gasteiger partial charge >= 0.3 is 6.85 Å². The fourth-order valence-electron chi connectivity index (χ4n) is 9.32. The number of hydrogen-bond acceptors (Lipinski definition) is 5. The molecule has 0 N–H and O–H groups in total. The van der Waals surface area contributed by atoms with Crippen molar-refractivity contribution in [2.75, 3.05) is 14.6 Å². The summed E-state index contributed by atoms with van der Waals surface area (Å²) in [4.78, 5) is 9.79. The Kier molecular flexibility index (Phi) is 8.50. The van der Waals surface area contributed by atoms with E-state index in [9.17, 15) is 0 Å². The number of hydrogen-bond donors (Lipinski definition) is 0. The Balaban J connectivity index is 1.25. The lowest BCUT2D eigenvalue weighted by atomic mass is 9.43. The molecule has 3 aliphatic rings. The molecule has 0 bridgehead atoms. The van der Waals surface area contributed by atoms with Crippen molar-refractivity contribution in [1.82, 2.24) is 0 Å². The third-order valence-electron chi connectivity index (χ3n) is 12.3. The molecule has 0 amide bonds. The van der Waals surface area contributed by atoms with Gasteiger partial charge in [-0.25, -0.2) is 0 Å². The van der Waals surface area contributed by atoms with Gasteiger partial charge < -0.3 is 19.3 Å². The second-order valence-corrected chi connectivity index (χ2v) is 18.2. The van der Waals surface area contributed by atoms with Crippen molar-refractivity contribution in [3.05, 3.63) is 193 Å². The first kappa shape index (κ1) is 36.5. The SMILES string of the molecule is Cc1ccccc1N1B2c3cc(N(c4ccccc4)c4ccccc4)ccc3N(c3ccccc3C)c3cc(C(C)(C)C)cc(c32)-c2cc3c(cc21)Sc1ccccc1O3. The molecule has 8 aromatic carbocycles. The molecule has 6 heteroatoms. The number of fused-ring (bicyclic) bond motifs is 6. The number of benzene rings is 8. The zero-order valence-corrected chi connectivity index (χ0v) is 35.3. The molecule has 0 aliphatic carbocycles. The van der Waals surface area contributed by atoms with Gasteiger partial charge in [0.2, 0.25) is 0 Å². The quantitative estimate of drug-likeness (QED) is 0.161. The van der Waals surface area contributed by atoms with Crippen molar-refractivity contribution >= 4 is 75.0 Å². The average molecular weight is 794 g/mol. The van der Waals surface area contributed by atoms with Crippen LogP contribution < -0.4 is 30.3 Å². The highest BCUT2D eigenvalue weighted by Gasteiger charge is 2.47. The average Bonchev–Trinajstić information content (AvgIpc) is 3.26. The predicted octanol–water partition coefficient (Wildman–Crippen LogP) is 14.0. The summed E-state index contributed by atoms with van der Waals surface area (Å²) in [6.45, 7) is 11.3. The van der Waals surface area contributed by atoms with Gasteiger partial charge in [-0.05, 0) is 137 Å². The minimum absolute atomic E-state index is 0.110. The van der Waals surface area contributed by atoms with E-state index < -0.39 is 0 Å². The molecule has 4 nitrogen and oxygen atoms in total. The molecular formula is C54H44BN3OS. The standard InChI is InChI=1S/C54H44BN3OS/c1-35-18-12-14-24-44(35)57-46-29-28-40(56(38-20-8-6-9-21-38)39-22-10-7-11-23-39)32-43(46)55-53-42(30-37(31-48(53)57)54(3,4)5)41-33-50-52(60-51-27-17-16-26-49(51)59-50)34-47(41)58(55)45-25-15-13-19-36(45)2/h6-34H,1-5H3. The van der Waals surface area contributed by atoms with Gasteiger partial charge in [0.1, 0.15) is 11.5 Å². The van der Waals surface area contributed by atoms with Gasteiger partial charge in [0.25, 0.3) is 0 Å². The molecule has 60 heavy (non-hydrogen) atoms. The summed E-state index contributed by atoms with van der Waals surface area (Å²) in [5, 5.41) is 0. The first-order chi connectivity index (χ1) is 29.2. The molecule has 0 saturated carbocycles. The molecule has 8 aromatic rings. The normalized spacial score (nSPS) is 13.4. The van der Waals surface area contributed by atoms with Gasteiger partial charge in [0.05, 0.1) is 9.79 Å². The lowest BCUT2D eigenvalue weighted by Gasteiger charge is -2.47. The van der Waals surface area contributed by atoms with Crippen LogP contribution in [-0.2, 0) is 5.41 Å². The highest BCUT2D eigenvalue weighted by molar-refractivity contribution is 7.99. The third-order valence-corrected chi connectivity index (χ3v) is 13.4. The molecule has 290 valence electrons. The summed E-state index contributed by atoms with van der Waals surface area (Å²) in [7, 11) is 0. The highest BCUT2D eigenvalue weighted by atomic mass is 32.2. The monoisotopic (exact) mass is 793 g/mol. The Morgan fingerprint density at radius 3 is 1.82 bits per heavy atom. The van der Waals surface area contributed by atoms with Crippen LogP contribution in [-0.4, -0.2) is 6.85 Å². The molecule has 0 fully saturated rings. The van der Waals surface area contributed by atoms with Crippen molar-refractivity contribution in [2.45, 2.75) is 49.8 Å². The predicted molar refractivity (Wildman–Crippen MR) is 254 cm³/mol. The molecule has 11 rings (SSSR count). The van der Waals surface area contributed by atoms with Crippen LogP contribution in [0.5, 0.6) is 11.5 Å². The Hall–Kier alpha value is -6.63. The van der Waals surface area contributed by atoms with E-state index in [2.05, 4.69) is 225 Å². The molecule has 0 aromatic heterocycles. The number of ether oxygens (including phenoxy) is 1. The topological polar surface area (TPSA) is 19.0 Å². The van der Waals surface area contributed by atoms with Crippen molar-refractivity contribution in [1.29, 1.82) is 0 Å². The minimum atomic E-state index is -0.152. The molecule has 3 aliphatic heterocycles. The molecule has 0 unspecified atom stereocenters. The van der Waals surface area contributed by atoms with Crippen molar-refractivity contribution in [3.63, 3.8) is 0 Å². The fourth-order valence-corrected chi connectivity index (χ4v) is 10.3. The van der Waals surface area contributed by atoms with E-state index in [-0.39, 0.29) is 12.3 Å².